The van der Waals surface area contributed by atoms with Gasteiger partial charge in [0.25, 0.3) is 0 Å². The van der Waals surface area contributed by atoms with Crippen molar-refractivity contribution < 1.29 is 13.2 Å². The third-order valence-electron chi connectivity index (χ3n) is 2.69. The minimum atomic E-state index is -3.70. The van der Waals surface area contributed by atoms with Crippen LogP contribution in [0.15, 0.2) is 23.4 Å². The van der Waals surface area contributed by atoms with Gasteiger partial charge in [-0.25, -0.2) is 13.1 Å². The Morgan fingerprint density at radius 3 is 2.68 bits per heavy atom. The van der Waals surface area contributed by atoms with Gasteiger partial charge >= 0.3 is 0 Å². The maximum atomic E-state index is 12.3. The van der Waals surface area contributed by atoms with Gasteiger partial charge < -0.3 is 10.2 Å². The largest absolute Gasteiger partial charge is 0.383 e. The van der Waals surface area contributed by atoms with Crippen molar-refractivity contribution in [3.8, 4) is 0 Å². The van der Waals surface area contributed by atoms with E-state index in [2.05, 4.69) is 15.1 Å². The Hall–Kier alpha value is -1.22. The molecule has 1 rings (SSSR count). The Bertz CT molecular complexity index is 504. The first-order valence-electron chi connectivity index (χ1n) is 5.84. The lowest BCUT2D eigenvalue weighted by molar-refractivity contribution is 0.157. The molecule has 0 saturated carbocycles. The molecule has 19 heavy (non-hydrogen) atoms. The van der Waals surface area contributed by atoms with Gasteiger partial charge in [0.2, 0.25) is 10.0 Å². The van der Waals surface area contributed by atoms with Gasteiger partial charge in [0.15, 0.2) is 0 Å². The average Bonchev–Trinajstić information content (AvgIpc) is 2.38. The maximum Gasteiger partial charge on any atom is 0.244 e. The van der Waals surface area contributed by atoms with Crippen molar-refractivity contribution in [3.63, 3.8) is 0 Å². The van der Waals surface area contributed by atoms with E-state index in [1.54, 1.807) is 0 Å². The van der Waals surface area contributed by atoms with E-state index in [1.807, 2.05) is 13.8 Å². The molecule has 0 spiro atoms. The van der Waals surface area contributed by atoms with Gasteiger partial charge in [0.1, 0.15) is 4.90 Å². The molecule has 1 aromatic rings. The summed E-state index contributed by atoms with van der Waals surface area (Å²) < 4.78 is 32.2. The number of pyridine rings is 1. The van der Waals surface area contributed by atoms with Crippen molar-refractivity contribution in [2.45, 2.75) is 24.8 Å². The zero-order valence-electron chi connectivity index (χ0n) is 11.3. The molecule has 0 aliphatic rings. The highest BCUT2D eigenvalue weighted by atomic mass is 32.2. The molecular weight excluding hydrogens is 268 g/mol. The quantitative estimate of drug-likeness (QED) is 0.493. The molecule has 1 unspecified atom stereocenters. The second kappa shape index (κ2) is 6.80. The van der Waals surface area contributed by atoms with E-state index in [1.165, 1.54) is 25.6 Å². The fourth-order valence-corrected chi connectivity index (χ4v) is 3.00. The van der Waals surface area contributed by atoms with Crippen LogP contribution >= 0.6 is 0 Å². The van der Waals surface area contributed by atoms with E-state index in [-0.39, 0.29) is 16.9 Å². The molecule has 108 valence electrons. The van der Waals surface area contributed by atoms with Crippen molar-refractivity contribution in [2.24, 2.45) is 11.8 Å². The van der Waals surface area contributed by atoms with Gasteiger partial charge in [-0.3, -0.25) is 10.8 Å². The lowest BCUT2D eigenvalue weighted by atomic mass is 10.1. The number of aromatic nitrogens is 1. The van der Waals surface area contributed by atoms with Crippen molar-refractivity contribution >= 4 is 15.7 Å². The van der Waals surface area contributed by atoms with Gasteiger partial charge in [-0.1, -0.05) is 13.8 Å². The van der Waals surface area contributed by atoms with Crippen LogP contribution in [0.5, 0.6) is 0 Å². The third kappa shape index (κ3) is 4.13. The Labute approximate surface area is 113 Å². The number of hydrogen-bond donors (Lipinski definition) is 3. The van der Waals surface area contributed by atoms with Crippen LogP contribution in [-0.2, 0) is 14.8 Å². The normalized spacial score (nSPS) is 13.5. The highest BCUT2D eigenvalue weighted by Crippen LogP contribution is 2.19. The number of hydrogen-bond acceptors (Lipinski definition) is 6. The van der Waals surface area contributed by atoms with Gasteiger partial charge in [-0.05, 0) is 12.0 Å². The summed E-state index contributed by atoms with van der Waals surface area (Å²) in [7, 11) is -2.18. The first kappa shape index (κ1) is 15.8. The predicted octanol–water partition coefficient (Wildman–Crippen LogP) is 0.317. The van der Waals surface area contributed by atoms with Gasteiger partial charge in [-0.2, -0.15) is 0 Å². The number of nitrogens with zero attached hydrogens (tertiary/aromatic N) is 1. The second-order valence-electron chi connectivity index (χ2n) is 4.44. The minimum Gasteiger partial charge on any atom is -0.383 e. The summed E-state index contributed by atoms with van der Waals surface area (Å²) in [4.78, 5) is 3.82. The van der Waals surface area contributed by atoms with Crippen molar-refractivity contribution in [2.75, 3.05) is 19.1 Å². The Balaban J connectivity index is 3.03. The number of nitrogens with two attached hydrogens (primary N) is 1. The molecular formula is C11H20N4O3S. The summed E-state index contributed by atoms with van der Waals surface area (Å²) in [5.41, 5.74) is 2.64. The Morgan fingerprint density at radius 1 is 1.47 bits per heavy atom. The van der Waals surface area contributed by atoms with E-state index in [0.717, 1.165) is 0 Å². The van der Waals surface area contributed by atoms with Gasteiger partial charge in [-0.15, -0.1) is 0 Å². The number of sulfonamides is 1. The second-order valence-corrected chi connectivity index (χ2v) is 6.13. The summed E-state index contributed by atoms with van der Waals surface area (Å²) in [5.74, 6) is 5.40. The van der Waals surface area contributed by atoms with E-state index in [0.29, 0.717) is 12.3 Å². The number of rotatable bonds is 7. The number of nitrogen functional groups attached to an aromatic ring is 1. The van der Waals surface area contributed by atoms with Crippen LogP contribution in [0.1, 0.15) is 13.8 Å². The SMILES string of the molecule is COCC(NS(=O)(=O)c1cnccc1NN)C(C)C. The zero-order chi connectivity index (χ0) is 14.5. The number of anilines is 1. The van der Waals surface area contributed by atoms with Crippen molar-refractivity contribution in [3.05, 3.63) is 18.5 Å². The summed E-state index contributed by atoms with van der Waals surface area (Å²) in [6.07, 6.45) is 2.71. The van der Waals surface area contributed by atoms with E-state index < -0.39 is 10.0 Å². The van der Waals surface area contributed by atoms with Crippen LogP contribution in [0.2, 0.25) is 0 Å². The highest BCUT2D eigenvalue weighted by molar-refractivity contribution is 7.89. The number of hydrazine groups is 1. The summed E-state index contributed by atoms with van der Waals surface area (Å²) in [6.45, 7) is 4.12. The molecule has 0 bridgehead atoms. The molecule has 1 heterocycles. The average molecular weight is 288 g/mol. The summed E-state index contributed by atoms with van der Waals surface area (Å²) in [6, 6.07) is 1.18. The standard InChI is InChI=1S/C11H20N4O3S/c1-8(2)10(7-18-3)15-19(16,17)11-6-13-5-4-9(11)14-12/h4-6,8,10,15H,7,12H2,1-3H3,(H,13,14). The van der Waals surface area contributed by atoms with Crippen LogP contribution in [0, 0.1) is 5.92 Å². The molecule has 0 aliphatic carbocycles. The minimum absolute atomic E-state index is 0.0132. The first-order chi connectivity index (χ1) is 8.92. The molecule has 0 fully saturated rings. The molecule has 0 aromatic carbocycles. The fraction of sp³-hybridized carbons (Fsp3) is 0.545. The molecule has 0 amide bonds. The van der Waals surface area contributed by atoms with Gasteiger partial charge in [0.05, 0.1) is 12.3 Å². The molecule has 0 radical (unpaired) electrons. The van der Waals surface area contributed by atoms with Crippen LogP contribution in [0.3, 0.4) is 0 Å². The first-order valence-corrected chi connectivity index (χ1v) is 7.32. The zero-order valence-corrected chi connectivity index (χ0v) is 12.1. The van der Waals surface area contributed by atoms with E-state index in [4.69, 9.17) is 10.6 Å². The maximum absolute atomic E-state index is 12.3. The fourth-order valence-electron chi connectivity index (χ4n) is 1.52. The number of methoxy groups -OCH3 is 1. The number of ether oxygens (including phenoxy) is 1. The monoisotopic (exact) mass is 288 g/mol. The number of nitrogens with one attached hydrogen (secondary N) is 2. The molecule has 1 aromatic heterocycles. The van der Waals surface area contributed by atoms with Crippen molar-refractivity contribution in [1.82, 2.24) is 9.71 Å². The molecule has 7 nitrogen and oxygen atoms in total. The van der Waals surface area contributed by atoms with E-state index in [9.17, 15) is 8.42 Å². The van der Waals surface area contributed by atoms with Crippen molar-refractivity contribution in [1.29, 1.82) is 0 Å². The lowest BCUT2D eigenvalue weighted by Crippen LogP contribution is -2.41. The molecule has 1 atom stereocenters. The van der Waals surface area contributed by atoms with Crippen LogP contribution < -0.4 is 16.0 Å². The highest BCUT2D eigenvalue weighted by Gasteiger charge is 2.24. The summed E-state index contributed by atoms with van der Waals surface area (Å²) in [5, 5.41) is 0. The topological polar surface area (TPSA) is 106 Å². The smallest absolute Gasteiger partial charge is 0.244 e. The van der Waals surface area contributed by atoms with Crippen LogP contribution in [0.25, 0.3) is 0 Å². The van der Waals surface area contributed by atoms with Crippen LogP contribution in [0.4, 0.5) is 5.69 Å². The van der Waals surface area contributed by atoms with E-state index >= 15 is 0 Å². The Kier molecular flexibility index (Phi) is 5.67. The molecule has 0 aliphatic heterocycles. The molecule has 0 saturated heterocycles. The third-order valence-corrected chi connectivity index (χ3v) is 4.20. The predicted molar refractivity (Wildman–Crippen MR) is 72.9 cm³/mol. The Morgan fingerprint density at radius 2 is 2.16 bits per heavy atom. The van der Waals surface area contributed by atoms with Gasteiger partial charge in [0, 0.05) is 25.5 Å². The van der Waals surface area contributed by atoms with Crippen LogP contribution in [-0.4, -0.2) is 33.2 Å². The molecule has 8 heteroatoms. The summed E-state index contributed by atoms with van der Waals surface area (Å²) >= 11 is 0. The molecule has 4 N–H and O–H groups in total. The lowest BCUT2D eigenvalue weighted by Gasteiger charge is -2.22.